The second-order valence-corrected chi connectivity index (χ2v) is 8.25. The van der Waals surface area contributed by atoms with Crippen molar-refractivity contribution in [3.8, 4) is 5.88 Å². The number of anilines is 2. The molecular formula is C15H15Cl3N4O4S. The van der Waals surface area contributed by atoms with E-state index in [0.717, 1.165) is 0 Å². The fourth-order valence-corrected chi connectivity index (χ4v) is 4.46. The Morgan fingerprint density at radius 3 is 2.56 bits per heavy atom. The smallest absolute Gasteiger partial charge is 0.264 e. The van der Waals surface area contributed by atoms with E-state index < -0.39 is 10.0 Å². The molecule has 1 fully saturated rings. The lowest BCUT2D eigenvalue weighted by molar-refractivity contribution is 0.122. The Morgan fingerprint density at radius 1 is 1.19 bits per heavy atom. The van der Waals surface area contributed by atoms with E-state index in [-0.39, 0.29) is 31.8 Å². The largest absolute Gasteiger partial charge is 0.478 e. The van der Waals surface area contributed by atoms with Gasteiger partial charge in [0.2, 0.25) is 5.82 Å². The van der Waals surface area contributed by atoms with E-state index in [9.17, 15) is 8.42 Å². The summed E-state index contributed by atoms with van der Waals surface area (Å²) in [5, 5.41) is 0.0421. The van der Waals surface area contributed by atoms with Crippen molar-refractivity contribution in [2.24, 2.45) is 0 Å². The van der Waals surface area contributed by atoms with Gasteiger partial charge in [0.15, 0.2) is 11.0 Å². The number of sulfonamides is 1. The Bertz CT molecular complexity index is 952. The molecule has 1 aliphatic heterocycles. The number of benzene rings is 1. The van der Waals surface area contributed by atoms with E-state index in [2.05, 4.69) is 14.7 Å². The molecule has 0 saturated carbocycles. The van der Waals surface area contributed by atoms with Crippen molar-refractivity contribution in [2.45, 2.75) is 4.90 Å². The molecule has 1 aromatic heterocycles. The van der Waals surface area contributed by atoms with Gasteiger partial charge in [0.25, 0.3) is 15.9 Å². The molecule has 146 valence electrons. The predicted octanol–water partition coefficient (Wildman–Crippen LogP) is 3.08. The fraction of sp³-hybridized carbons (Fsp3) is 0.333. The van der Waals surface area contributed by atoms with Crippen molar-refractivity contribution in [1.82, 2.24) is 9.97 Å². The topological polar surface area (TPSA) is 93.7 Å². The molecule has 1 aromatic carbocycles. The highest BCUT2D eigenvalue weighted by Gasteiger charge is 2.25. The first-order valence-electron chi connectivity index (χ1n) is 7.74. The van der Waals surface area contributed by atoms with Crippen molar-refractivity contribution < 1.29 is 17.9 Å². The molecule has 8 nitrogen and oxygen atoms in total. The van der Waals surface area contributed by atoms with E-state index in [0.29, 0.717) is 32.1 Å². The van der Waals surface area contributed by atoms with Crippen molar-refractivity contribution in [3.05, 3.63) is 33.4 Å². The predicted molar refractivity (Wildman–Crippen MR) is 104 cm³/mol. The maximum atomic E-state index is 12.7. The third-order valence-electron chi connectivity index (χ3n) is 3.75. The number of morpholine rings is 1. The molecule has 1 saturated heterocycles. The molecule has 0 atom stereocenters. The van der Waals surface area contributed by atoms with Gasteiger partial charge in [0, 0.05) is 13.1 Å². The van der Waals surface area contributed by atoms with Crippen LogP contribution >= 0.6 is 34.8 Å². The zero-order valence-corrected chi connectivity index (χ0v) is 17.2. The molecular weight excluding hydrogens is 439 g/mol. The van der Waals surface area contributed by atoms with Gasteiger partial charge in [-0.3, -0.25) is 4.72 Å². The Balaban J connectivity index is 1.96. The molecule has 3 rings (SSSR count). The molecule has 0 amide bonds. The quantitative estimate of drug-likeness (QED) is 0.743. The number of hydrogen-bond acceptors (Lipinski definition) is 7. The van der Waals surface area contributed by atoms with Gasteiger partial charge < -0.3 is 14.4 Å². The highest BCUT2D eigenvalue weighted by Crippen LogP contribution is 2.34. The van der Waals surface area contributed by atoms with Crippen LogP contribution in [-0.4, -0.2) is 51.8 Å². The molecule has 0 spiro atoms. The van der Waals surface area contributed by atoms with E-state index in [1.54, 1.807) is 0 Å². The summed E-state index contributed by atoms with van der Waals surface area (Å²) in [5.41, 5.74) is 0. The van der Waals surface area contributed by atoms with Gasteiger partial charge in [-0.15, -0.1) is 0 Å². The van der Waals surface area contributed by atoms with E-state index in [4.69, 9.17) is 44.3 Å². The first kappa shape index (κ1) is 20.2. The Kier molecular flexibility index (Phi) is 6.17. The molecule has 1 aliphatic rings. The van der Waals surface area contributed by atoms with Gasteiger partial charge in [-0.05, 0) is 12.1 Å². The highest BCUT2D eigenvalue weighted by atomic mass is 35.5. The molecule has 2 aromatic rings. The summed E-state index contributed by atoms with van der Waals surface area (Å²) in [4.78, 5) is 10.1. The summed E-state index contributed by atoms with van der Waals surface area (Å²) in [7, 11) is -2.74. The van der Waals surface area contributed by atoms with Crippen LogP contribution in [-0.2, 0) is 14.8 Å². The number of ether oxygens (including phenoxy) is 2. The summed E-state index contributed by atoms with van der Waals surface area (Å²) in [6, 6.07) is 4.28. The minimum Gasteiger partial charge on any atom is -0.478 e. The molecule has 2 heterocycles. The molecule has 0 unspecified atom stereocenters. The molecule has 0 bridgehead atoms. The zero-order chi connectivity index (χ0) is 19.6. The number of nitrogens with zero attached hydrogens (tertiary/aromatic N) is 3. The number of methoxy groups -OCH3 is 1. The summed E-state index contributed by atoms with van der Waals surface area (Å²) in [5.74, 6) is 0.207. The first-order chi connectivity index (χ1) is 12.8. The molecule has 12 heteroatoms. The van der Waals surface area contributed by atoms with Crippen molar-refractivity contribution in [2.75, 3.05) is 43.0 Å². The molecule has 27 heavy (non-hydrogen) atoms. The number of hydrogen-bond donors (Lipinski definition) is 1. The van der Waals surface area contributed by atoms with E-state index in [1.807, 2.05) is 4.90 Å². The third kappa shape index (κ3) is 4.33. The second-order valence-electron chi connectivity index (χ2n) is 5.45. The molecule has 0 radical (unpaired) electrons. The van der Waals surface area contributed by atoms with Gasteiger partial charge in [-0.2, -0.15) is 4.98 Å². The molecule has 0 aliphatic carbocycles. The first-order valence-corrected chi connectivity index (χ1v) is 10.4. The van der Waals surface area contributed by atoms with E-state index in [1.165, 1.54) is 25.3 Å². The van der Waals surface area contributed by atoms with Gasteiger partial charge in [-0.1, -0.05) is 40.9 Å². The number of nitrogens with one attached hydrogen (secondary N) is 1. The standard InChI is InChI=1S/C15H15Cl3N4O4S/c1-25-15-13(19-12(18)14(20-15)22-5-7-26-8-6-22)21-27(23,24)10-4-2-3-9(16)11(10)17/h2-4H,5-8H2,1H3,(H,19,21). The van der Waals surface area contributed by atoms with E-state index >= 15 is 0 Å². The number of halogens is 3. The summed E-state index contributed by atoms with van der Waals surface area (Å²) >= 11 is 18.1. The van der Waals surface area contributed by atoms with Crippen molar-refractivity contribution in [3.63, 3.8) is 0 Å². The van der Waals surface area contributed by atoms with Crippen LogP contribution in [0.25, 0.3) is 0 Å². The van der Waals surface area contributed by atoms with Crippen LogP contribution in [0.4, 0.5) is 11.6 Å². The van der Waals surface area contributed by atoms with Crippen LogP contribution in [0.3, 0.4) is 0 Å². The Morgan fingerprint density at radius 2 is 1.89 bits per heavy atom. The van der Waals surface area contributed by atoms with Crippen molar-refractivity contribution >= 4 is 56.5 Å². The van der Waals surface area contributed by atoms with Crippen LogP contribution in [0.1, 0.15) is 0 Å². The zero-order valence-electron chi connectivity index (χ0n) is 14.1. The lowest BCUT2D eigenvalue weighted by Gasteiger charge is -2.28. The SMILES string of the molecule is COc1nc(N2CCOCC2)c(Cl)nc1NS(=O)(=O)c1cccc(Cl)c1Cl. The van der Waals surface area contributed by atoms with Gasteiger partial charge >= 0.3 is 0 Å². The summed E-state index contributed by atoms with van der Waals surface area (Å²) in [6.07, 6.45) is 0. The number of rotatable bonds is 5. The maximum Gasteiger partial charge on any atom is 0.264 e. The highest BCUT2D eigenvalue weighted by molar-refractivity contribution is 7.92. The monoisotopic (exact) mass is 452 g/mol. The van der Waals surface area contributed by atoms with Crippen LogP contribution in [0.5, 0.6) is 5.88 Å². The normalized spacial score (nSPS) is 14.9. The lowest BCUT2D eigenvalue weighted by atomic mass is 10.4. The van der Waals surface area contributed by atoms with Gasteiger partial charge in [0.1, 0.15) is 4.90 Å². The number of aromatic nitrogens is 2. The summed E-state index contributed by atoms with van der Waals surface area (Å²) < 4.78 is 38.2. The van der Waals surface area contributed by atoms with Crippen LogP contribution < -0.4 is 14.4 Å². The Labute approximate surface area is 171 Å². The minimum absolute atomic E-state index is 0.0254. The van der Waals surface area contributed by atoms with Crippen LogP contribution in [0, 0.1) is 0 Å². The lowest BCUT2D eigenvalue weighted by Crippen LogP contribution is -2.37. The van der Waals surface area contributed by atoms with Gasteiger partial charge in [-0.25, -0.2) is 13.4 Å². The van der Waals surface area contributed by atoms with Crippen LogP contribution in [0.2, 0.25) is 15.2 Å². The minimum atomic E-state index is -4.09. The Hall–Kier alpha value is -1.52. The fourth-order valence-electron chi connectivity index (χ4n) is 2.45. The second kappa shape index (κ2) is 8.24. The molecule has 1 N–H and O–H groups in total. The average molecular weight is 454 g/mol. The van der Waals surface area contributed by atoms with Crippen LogP contribution in [0.15, 0.2) is 23.1 Å². The summed E-state index contributed by atoms with van der Waals surface area (Å²) in [6.45, 7) is 2.23. The van der Waals surface area contributed by atoms with Gasteiger partial charge in [0.05, 0.1) is 30.4 Å². The average Bonchev–Trinajstić information content (AvgIpc) is 2.64. The maximum absolute atomic E-state index is 12.7. The van der Waals surface area contributed by atoms with Crippen molar-refractivity contribution in [1.29, 1.82) is 0 Å². The third-order valence-corrected chi connectivity index (χ3v) is 6.31.